The van der Waals surface area contributed by atoms with E-state index in [1.165, 1.54) is 12.0 Å². The largest absolute Gasteiger partial charge is 0.373 e. The fourth-order valence-corrected chi connectivity index (χ4v) is 2.07. The zero-order chi connectivity index (χ0) is 15.7. The lowest BCUT2D eigenvalue weighted by atomic mass is 10.0. The van der Waals surface area contributed by atoms with Crippen LogP contribution < -0.4 is 0 Å². The summed E-state index contributed by atoms with van der Waals surface area (Å²) in [6.07, 6.45) is 5.60. The highest BCUT2D eigenvalue weighted by Crippen LogP contribution is 2.12. The first kappa shape index (κ1) is 17.6. The van der Waals surface area contributed by atoms with Gasteiger partial charge in [0.2, 0.25) is 0 Å². The van der Waals surface area contributed by atoms with E-state index in [2.05, 4.69) is 26.8 Å². The Labute approximate surface area is 129 Å². The van der Waals surface area contributed by atoms with Crippen molar-refractivity contribution in [3.05, 3.63) is 47.0 Å². The number of carbonyl (C=O) groups is 1. The summed E-state index contributed by atoms with van der Waals surface area (Å²) in [6, 6.07) is 7.64. The minimum atomic E-state index is 0.0622. The number of ketones is 1. The molecule has 0 heterocycles. The number of Topliss-reactive ketones (excluding diaryl/α,β-unsaturated/α-hetero) is 1. The van der Waals surface area contributed by atoms with Gasteiger partial charge in [-0.25, -0.2) is 0 Å². The first-order valence-electron chi connectivity index (χ1n) is 7.80. The second kappa shape index (κ2) is 9.51. The number of carbonyl (C=O) groups excluding carboxylic acids is 1. The van der Waals surface area contributed by atoms with E-state index in [9.17, 15) is 4.79 Å². The van der Waals surface area contributed by atoms with Crippen LogP contribution in [0.2, 0.25) is 0 Å². The lowest BCUT2D eigenvalue weighted by molar-refractivity contribution is 0.0734. The summed E-state index contributed by atoms with van der Waals surface area (Å²) in [5.41, 5.74) is 3.28. The van der Waals surface area contributed by atoms with Crippen LogP contribution in [0.4, 0.5) is 0 Å². The standard InChI is InChI=1S/C19H28O2/c1-15(2)6-5-7-16(3)12-13-21-14-19(20)18-10-8-17(4)9-11-18/h6,8-11,16H,5,7,12-14H2,1-4H3/t16-/m1/s1. The number of benzene rings is 1. The Hall–Kier alpha value is -1.41. The Morgan fingerprint density at radius 1 is 1.19 bits per heavy atom. The van der Waals surface area contributed by atoms with Crippen molar-refractivity contribution in [1.29, 1.82) is 0 Å². The fraction of sp³-hybridized carbons (Fsp3) is 0.526. The van der Waals surface area contributed by atoms with Crippen molar-refractivity contribution in [2.24, 2.45) is 5.92 Å². The van der Waals surface area contributed by atoms with Gasteiger partial charge in [0, 0.05) is 12.2 Å². The van der Waals surface area contributed by atoms with Crippen LogP contribution in [0.15, 0.2) is 35.9 Å². The number of hydrogen-bond acceptors (Lipinski definition) is 2. The van der Waals surface area contributed by atoms with Gasteiger partial charge in [-0.05, 0) is 46.0 Å². The molecule has 0 amide bonds. The molecule has 0 bridgehead atoms. The molecule has 1 aromatic rings. The normalized spacial score (nSPS) is 12.0. The Kier molecular flexibility index (Phi) is 7.99. The summed E-state index contributed by atoms with van der Waals surface area (Å²) in [4.78, 5) is 11.9. The van der Waals surface area contributed by atoms with Gasteiger partial charge in [-0.2, -0.15) is 0 Å². The summed E-state index contributed by atoms with van der Waals surface area (Å²) < 4.78 is 5.51. The molecule has 0 aliphatic heterocycles. The highest BCUT2D eigenvalue weighted by Gasteiger charge is 2.06. The van der Waals surface area contributed by atoms with E-state index < -0.39 is 0 Å². The van der Waals surface area contributed by atoms with Crippen LogP contribution in [-0.2, 0) is 4.74 Å². The Bertz CT molecular complexity index is 453. The van der Waals surface area contributed by atoms with Gasteiger partial charge in [0.05, 0.1) is 0 Å². The highest BCUT2D eigenvalue weighted by atomic mass is 16.5. The quantitative estimate of drug-likeness (QED) is 0.364. The van der Waals surface area contributed by atoms with Crippen LogP contribution in [0.25, 0.3) is 0 Å². The molecule has 2 heteroatoms. The highest BCUT2D eigenvalue weighted by molar-refractivity contribution is 5.97. The maximum absolute atomic E-state index is 11.9. The van der Waals surface area contributed by atoms with Gasteiger partial charge in [-0.15, -0.1) is 0 Å². The van der Waals surface area contributed by atoms with Crippen molar-refractivity contribution in [3.63, 3.8) is 0 Å². The SMILES string of the molecule is CC(C)=CCC[C@@H](C)CCOCC(=O)c1ccc(C)cc1. The molecule has 0 radical (unpaired) electrons. The van der Waals surface area contributed by atoms with E-state index >= 15 is 0 Å². The molecule has 0 fully saturated rings. The maximum atomic E-state index is 11.9. The third-order valence-electron chi connectivity index (χ3n) is 3.57. The lowest BCUT2D eigenvalue weighted by Gasteiger charge is -2.10. The average molecular weight is 288 g/mol. The minimum Gasteiger partial charge on any atom is -0.373 e. The van der Waals surface area contributed by atoms with E-state index in [1.54, 1.807) is 0 Å². The second-order valence-corrected chi connectivity index (χ2v) is 6.09. The molecular formula is C19H28O2. The monoisotopic (exact) mass is 288 g/mol. The van der Waals surface area contributed by atoms with Gasteiger partial charge in [0.25, 0.3) is 0 Å². The summed E-state index contributed by atoms with van der Waals surface area (Å²) in [7, 11) is 0. The number of hydrogen-bond donors (Lipinski definition) is 0. The molecule has 0 aliphatic carbocycles. The number of aryl methyl sites for hydroxylation is 1. The van der Waals surface area contributed by atoms with E-state index in [1.807, 2.05) is 31.2 Å². The van der Waals surface area contributed by atoms with E-state index in [4.69, 9.17) is 4.74 Å². The van der Waals surface area contributed by atoms with Gasteiger partial charge < -0.3 is 4.74 Å². The molecule has 21 heavy (non-hydrogen) atoms. The predicted molar refractivity (Wildman–Crippen MR) is 88.8 cm³/mol. The number of ether oxygens (including phenoxy) is 1. The first-order chi connectivity index (χ1) is 9.99. The van der Waals surface area contributed by atoms with Crippen LogP contribution in [-0.4, -0.2) is 19.0 Å². The molecule has 116 valence electrons. The maximum Gasteiger partial charge on any atom is 0.188 e. The molecular weight excluding hydrogens is 260 g/mol. The van der Waals surface area contributed by atoms with E-state index in [0.717, 1.165) is 24.0 Å². The molecule has 0 spiro atoms. The summed E-state index contributed by atoms with van der Waals surface area (Å²) >= 11 is 0. The molecule has 0 N–H and O–H groups in total. The third kappa shape index (κ3) is 7.81. The third-order valence-corrected chi connectivity index (χ3v) is 3.57. The van der Waals surface area contributed by atoms with Gasteiger partial charge >= 0.3 is 0 Å². The van der Waals surface area contributed by atoms with Gasteiger partial charge in [-0.1, -0.05) is 48.4 Å². The van der Waals surface area contributed by atoms with Crippen molar-refractivity contribution >= 4 is 5.78 Å². The molecule has 0 saturated heterocycles. The summed E-state index contributed by atoms with van der Waals surface area (Å²) in [5, 5.41) is 0. The van der Waals surface area contributed by atoms with Gasteiger partial charge in [0.15, 0.2) is 5.78 Å². The van der Waals surface area contributed by atoms with E-state index in [-0.39, 0.29) is 12.4 Å². The van der Waals surface area contributed by atoms with Crippen molar-refractivity contribution in [2.45, 2.75) is 47.0 Å². The Morgan fingerprint density at radius 2 is 1.86 bits per heavy atom. The Morgan fingerprint density at radius 3 is 2.48 bits per heavy atom. The first-order valence-corrected chi connectivity index (χ1v) is 7.80. The molecule has 0 aromatic heterocycles. The molecule has 1 atom stereocenters. The van der Waals surface area contributed by atoms with Crippen LogP contribution in [0, 0.1) is 12.8 Å². The topological polar surface area (TPSA) is 26.3 Å². The second-order valence-electron chi connectivity index (χ2n) is 6.09. The zero-order valence-electron chi connectivity index (χ0n) is 13.8. The molecule has 0 saturated carbocycles. The molecule has 0 unspecified atom stereocenters. The van der Waals surface area contributed by atoms with Gasteiger partial charge in [-0.3, -0.25) is 4.79 Å². The molecule has 2 nitrogen and oxygen atoms in total. The smallest absolute Gasteiger partial charge is 0.188 e. The Balaban J connectivity index is 2.17. The lowest BCUT2D eigenvalue weighted by Crippen LogP contribution is -2.11. The van der Waals surface area contributed by atoms with Gasteiger partial charge in [0.1, 0.15) is 6.61 Å². The summed E-state index contributed by atoms with van der Waals surface area (Å²) in [6.45, 7) is 9.36. The molecule has 1 rings (SSSR count). The van der Waals surface area contributed by atoms with Crippen LogP contribution in [0.1, 0.15) is 56.0 Å². The fourth-order valence-electron chi connectivity index (χ4n) is 2.07. The van der Waals surface area contributed by atoms with Crippen LogP contribution in [0.3, 0.4) is 0 Å². The molecule has 0 aliphatic rings. The van der Waals surface area contributed by atoms with E-state index in [0.29, 0.717) is 12.5 Å². The average Bonchev–Trinajstić information content (AvgIpc) is 2.43. The van der Waals surface area contributed by atoms with Crippen molar-refractivity contribution < 1.29 is 9.53 Å². The number of allylic oxidation sites excluding steroid dienone is 2. The molecule has 1 aromatic carbocycles. The number of rotatable bonds is 9. The summed E-state index contributed by atoms with van der Waals surface area (Å²) in [5.74, 6) is 0.697. The van der Waals surface area contributed by atoms with Crippen molar-refractivity contribution in [3.8, 4) is 0 Å². The minimum absolute atomic E-state index is 0.0622. The van der Waals surface area contributed by atoms with Crippen LogP contribution >= 0.6 is 0 Å². The predicted octanol–water partition coefficient (Wildman–Crippen LogP) is 4.97. The zero-order valence-corrected chi connectivity index (χ0v) is 13.8. The van der Waals surface area contributed by atoms with Crippen LogP contribution in [0.5, 0.6) is 0 Å². The van der Waals surface area contributed by atoms with Crippen molar-refractivity contribution in [1.82, 2.24) is 0 Å². The van der Waals surface area contributed by atoms with Crippen molar-refractivity contribution in [2.75, 3.05) is 13.2 Å².